The Hall–Kier alpha value is -2.78. The molecule has 0 unspecified atom stereocenters. The van der Waals surface area contributed by atoms with Gasteiger partial charge in [-0.3, -0.25) is 14.4 Å². The second-order valence-electron chi connectivity index (χ2n) is 7.02. The lowest BCUT2D eigenvalue weighted by Gasteiger charge is -2.28. The van der Waals surface area contributed by atoms with Crippen LogP contribution in [0.25, 0.3) is 10.6 Å². The van der Waals surface area contributed by atoms with Crippen molar-refractivity contribution in [2.45, 2.75) is 33.2 Å². The molecular formula is C21H24N4O3S2. The molecule has 0 spiro atoms. The molecule has 3 rings (SSSR count). The normalized spacial score (nSPS) is 12.4. The van der Waals surface area contributed by atoms with Crippen LogP contribution >= 0.6 is 11.3 Å². The number of amides is 1. The topological polar surface area (TPSA) is 92.3 Å². The minimum atomic E-state index is -3.68. The Morgan fingerprint density at radius 1 is 1.10 bits per heavy atom. The lowest BCUT2D eigenvalue weighted by molar-refractivity contribution is -0.116. The maximum absolute atomic E-state index is 12.8. The monoisotopic (exact) mass is 444 g/mol. The van der Waals surface area contributed by atoms with Crippen molar-refractivity contribution in [2.24, 2.45) is 0 Å². The zero-order valence-corrected chi connectivity index (χ0v) is 18.9. The second kappa shape index (κ2) is 8.93. The molecule has 158 valence electrons. The number of nitrogens with zero attached hydrogens (tertiary/aromatic N) is 3. The predicted molar refractivity (Wildman–Crippen MR) is 121 cm³/mol. The summed E-state index contributed by atoms with van der Waals surface area (Å²) in [5, 5.41) is 11.8. The Kier molecular flexibility index (Phi) is 6.52. The Bertz CT molecular complexity index is 1120. The molecule has 0 radical (unpaired) electrons. The molecule has 0 saturated carbocycles. The molecule has 3 aromatic rings. The molecule has 0 saturated heterocycles. The lowest BCUT2D eigenvalue weighted by Crippen LogP contribution is -2.45. The standard InChI is InChI=1S/C21H24N4O3S2/c1-5-16-8-12-18(13-9-16)25(30(4,27)28)15(3)19(26)22-21-24-23-20(29-21)17-10-6-14(2)7-11-17/h6-13,15H,5H2,1-4H3,(H,22,24,26)/t15-/m1/s1. The van der Waals surface area contributed by atoms with Crippen molar-refractivity contribution in [1.29, 1.82) is 0 Å². The fourth-order valence-corrected chi connectivity index (χ4v) is 4.91. The molecule has 0 aliphatic rings. The number of aromatic nitrogens is 2. The first-order valence-electron chi connectivity index (χ1n) is 9.48. The van der Waals surface area contributed by atoms with E-state index in [4.69, 9.17) is 0 Å². The summed E-state index contributed by atoms with van der Waals surface area (Å²) < 4.78 is 26.0. The van der Waals surface area contributed by atoms with Crippen molar-refractivity contribution in [3.63, 3.8) is 0 Å². The smallest absolute Gasteiger partial charge is 0.249 e. The molecule has 0 aliphatic heterocycles. The van der Waals surface area contributed by atoms with Crippen LogP contribution in [0.4, 0.5) is 10.8 Å². The molecule has 7 nitrogen and oxygen atoms in total. The molecule has 1 aromatic heterocycles. The predicted octanol–water partition coefficient (Wildman–Crippen LogP) is 3.87. The summed E-state index contributed by atoms with van der Waals surface area (Å²) in [6.45, 7) is 5.57. The zero-order valence-electron chi connectivity index (χ0n) is 17.3. The number of nitrogens with one attached hydrogen (secondary N) is 1. The Labute approximate surface area is 180 Å². The van der Waals surface area contributed by atoms with Crippen LogP contribution < -0.4 is 9.62 Å². The first-order valence-corrected chi connectivity index (χ1v) is 12.1. The van der Waals surface area contributed by atoms with Crippen LogP contribution in [-0.4, -0.2) is 36.8 Å². The van der Waals surface area contributed by atoms with Gasteiger partial charge in [0.05, 0.1) is 11.9 Å². The maximum Gasteiger partial charge on any atom is 0.249 e. The van der Waals surface area contributed by atoms with E-state index in [0.717, 1.165) is 33.7 Å². The van der Waals surface area contributed by atoms with Gasteiger partial charge in [0, 0.05) is 5.56 Å². The van der Waals surface area contributed by atoms with Crippen LogP contribution in [0.5, 0.6) is 0 Å². The van der Waals surface area contributed by atoms with E-state index in [9.17, 15) is 13.2 Å². The molecule has 30 heavy (non-hydrogen) atoms. The summed E-state index contributed by atoms with van der Waals surface area (Å²) >= 11 is 1.24. The van der Waals surface area contributed by atoms with Crippen molar-refractivity contribution < 1.29 is 13.2 Å². The largest absolute Gasteiger partial charge is 0.299 e. The number of carbonyl (C=O) groups excluding carboxylic acids is 1. The van der Waals surface area contributed by atoms with Crippen LogP contribution in [-0.2, 0) is 21.2 Å². The van der Waals surface area contributed by atoms with Gasteiger partial charge in [-0.1, -0.05) is 60.2 Å². The number of hydrogen-bond donors (Lipinski definition) is 1. The van der Waals surface area contributed by atoms with Gasteiger partial charge in [0.1, 0.15) is 11.0 Å². The van der Waals surface area contributed by atoms with Gasteiger partial charge in [-0.2, -0.15) is 0 Å². The fraction of sp³-hybridized carbons (Fsp3) is 0.286. The Morgan fingerprint density at radius 2 is 1.73 bits per heavy atom. The fourth-order valence-electron chi connectivity index (χ4n) is 2.98. The molecule has 0 bridgehead atoms. The van der Waals surface area contributed by atoms with Gasteiger partial charge in [-0.05, 0) is 38.0 Å². The van der Waals surface area contributed by atoms with E-state index in [2.05, 4.69) is 15.5 Å². The molecule has 0 aliphatic carbocycles. The molecule has 0 fully saturated rings. The highest BCUT2D eigenvalue weighted by atomic mass is 32.2. The van der Waals surface area contributed by atoms with E-state index >= 15 is 0 Å². The Balaban J connectivity index is 1.79. The van der Waals surface area contributed by atoms with E-state index in [1.165, 1.54) is 11.3 Å². The van der Waals surface area contributed by atoms with E-state index in [0.29, 0.717) is 15.8 Å². The van der Waals surface area contributed by atoms with Gasteiger partial charge in [0.25, 0.3) is 0 Å². The summed E-state index contributed by atoms with van der Waals surface area (Å²) in [7, 11) is -3.68. The van der Waals surface area contributed by atoms with Crippen molar-refractivity contribution >= 4 is 38.1 Å². The molecule has 1 N–H and O–H groups in total. The van der Waals surface area contributed by atoms with Crippen LogP contribution in [0.15, 0.2) is 48.5 Å². The van der Waals surface area contributed by atoms with Crippen molar-refractivity contribution in [3.8, 4) is 10.6 Å². The summed E-state index contributed by atoms with van der Waals surface area (Å²) in [6.07, 6.45) is 1.93. The highest BCUT2D eigenvalue weighted by Gasteiger charge is 2.29. The van der Waals surface area contributed by atoms with E-state index in [1.54, 1.807) is 19.1 Å². The number of sulfonamides is 1. The third-order valence-corrected chi connectivity index (χ3v) is 6.77. The minimum Gasteiger partial charge on any atom is -0.299 e. The molecule has 1 atom stereocenters. The van der Waals surface area contributed by atoms with Gasteiger partial charge in [0.2, 0.25) is 21.1 Å². The van der Waals surface area contributed by atoms with E-state index in [1.807, 2.05) is 50.2 Å². The average Bonchev–Trinajstić information content (AvgIpc) is 3.16. The molecular weight excluding hydrogens is 420 g/mol. The van der Waals surface area contributed by atoms with Crippen LogP contribution in [0.1, 0.15) is 25.0 Å². The SMILES string of the molecule is CCc1ccc(N([C@H](C)C(=O)Nc2nnc(-c3ccc(C)cc3)s2)S(C)(=O)=O)cc1. The van der Waals surface area contributed by atoms with Crippen molar-refractivity contribution in [3.05, 3.63) is 59.7 Å². The summed E-state index contributed by atoms with van der Waals surface area (Å²) in [5.41, 5.74) is 3.57. The Morgan fingerprint density at radius 3 is 2.30 bits per heavy atom. The van der Waals surface area contributed by atoms with Gasteiger partial charge in [-0.15, -0.1) is 10.2 Å². The number of aryl methyl sites for hydroxylation is 2. The summed E-state index contributed by atoms with van der Waals surface area (Å²) in [4.78, 5) is 12.8. The average molecular weight is 445 g/mol. The molecule has 2 aromatic carbocycles. The molecule has 1 heterocycles. The first kappa shape index (κ1) is 21.9. The molecule has 9 heteroatoms. The van der Waals surface area contributed by atoms with Gasteiger partial charge < -0.3 is 0 Å². The maximum atomic E-state index is 12.8. The number of hydrogen-bond acceptors (Lipinski definition) is 6. The highest BCUT2D eigenvalue weighted by Crippen LogP contribution is 2.27. The van der Waals surface area contributed by atoms with Crippen LogP contribution in [0, 0.1) is 6.92 Å². The lowest BCUT2D eigenvalue weighted by atomic mass is 10.1. The second-order valence-corrected chi connectivity index (χ2v) is 9.86. The third-order valence-electron chi connectivity index (χ3n) is 4.64. The van der Waals surface area contributed by atoms with Crippen LogP contribution in [0.3, 0.4) is 0 Å². The molecule has 1 amide bonds. The zero-order chi connectivity index (χ0) is 21.9. The van der Waals surface area contributed by atoms with Gasteiger partial charge >= 0.3 is 0 Å². The number of rotatable bonds is 7. The van der Waals surface area contributed by atoms with E-state index < -0.39 is 22.0 Å². The van der Waals surface area contributed by atoms with E-state index in [-0.39, 0.29) is 0 Å². The van der Waals surface area contributed by atoms with Crippen LogP contribution in [0.2, 0.25) is 0 Å². The number of anilines is 2. The van der Waals surface area contributed by atoms with Gasteiger partial charge in [0.15, 0.2) is 0 Å². The summed E-state index contributed by atoms with van der Waals surface area (Å²) in [6, 6.07) is 14.0. The first-order chi connectivity index (χ1) is 14.2. The van der Waals surface area contributed by atoms with Crippen molar-refractivity contribution in [2.75, 3.05) is 15.9 Å². The van der Waals surface area contributed by atoms with Crippen molar-refractivity contribution in [1.82, 2.24) is 10.2 Å². The third kappa shape index (κ3) is 5.03. The minimum absolute atomic E-state index is 0.317. The summed E-state index contributed by atoms with van der Waals surface area (Å²) in [5.74, 6) is -0.480. The number of carbonyl (C=O) groups is 1. The quantitative estimate of drug-likeness (QED) is 0.597. The highest BCUT2D eigenvalue weighted by molar-refractivity contribution is 7.92. The van der Waals surface area contributed by atoms with Gasteiger partial charge in [-0.25, -0.2) is 8.42 Å². The number of benzene rings is 2.